The molecular formula is C15H20O5. The molecule has 5 nitrogen and oxygen atoms in total. The Morgan fingerprint density at radius 3 is 2.85 bits per heavy atom. The lowest BCUT2D eigenvalue weighted by Crippen LogP contribution is -2.36. The molecular weight excluding hydrogens is 260 g/mol. The summed E-state index contributed by atoms with van der Waals surface area (Å²) in [7, 11) is 0. The second-order valence-corrected chi connectivity index (χ2v) is 6.23. The third-order valence-electron chi connectivity index (χ3n) is 4.74. The van der Waals surface area contributed by atoms with Gasteiger partial charge in [0, 0.05) is 5.57 Å². The summed E-state index contributed by atoms with van der Waals surface area (Å²) in [6.07, 6.45) is 0.621. The lowest BCUT2D eigenvalue weighted by molar-refractivity contribution is -0.140. The molecule has 3 rings (SSSR count). The maximum atomic E-state index is 11.7. The normalized spacial score (nSPS) is 50.6. The van der Waals surface area contributed by atoms with E-state index < -0.39 is 35.8 Å². The lowest BCUT2D eigenvalue weighted by atomic mass is 9.82. The molecule has 0 amide bonds. The third kappa shape index (κ3) is 2.01. The maximum Gasteiger partial charge on any atom is 0.334 e. The number of carbonyl (C=O) groups excluding carboxylic acids is 1. The van der Waals surface area contributed by atoms with Crippen LogP contribution in [0.4, 0.5) is 0 Å². The van der Waals surface area contributed by atoms with Crippen LogP contribution >= 0.6 is 0 Å². The Kier molecular flexibility index (Phi) is 3.04. The quantitative estimate of drug-likeness (QED) is 0.295. The van der Waals surface area contributed by atoms with Gasteiger partial charge in [-0.25, -0.2) is 4.79 Å². The SMILES string of the molecule is C=C1C(=O)O[C@H]2[C@@H]1[C@@H](O)/C=C(\C)[C@@H](O)CC[C@@]1(C)O[C@@H]21. The van der Waals surface area contributed by atoms with Gasteiger partial charge in [0.25, 0.3) is 0 Å². The van der Waals surface area contributed by atoms with E-state index in [1.807, 2.05) is 6.92 Å². The van der Waals surface area contributed by atoms with Crippen molar-refractivity contribution in [1.29, 1.82) is 0 Å². The maximum absolute atomic E-state index is 11.7. The number of ether oxygens (including phenoxy) is 2. The van der Waals surface area contributed by atoms with Crippen LogP contribution in [-0.2, 0) is 14.3 Å². The van der Waals surface area contributed by atoms with Crippen LogP contribution in [0.1, 0.15) is 26.7 Å². The summed E-state index contributed by atoms with van der Waals surface area (Å²) in [4.78, 5) is 11.7. The fraction of sp³-hybridized carbons (Fsp3) is 0.667. The number of aliphatic hydroxyl groups excluding tert-OH is 2. The van der Waals surface area contributed by atoms with E-state index in [2.05, 4.69) is 6.58 Å². The first-order chi connectivity index (χ1) is 9.33. The highest BCUT2D eigenvalue weighted by molar-refractivity contribution is 5.91. The molecule has 0 bridgehead atoms. The molecule has 3 aliphatic rings. The van der Waals surface area contributed by atoms with E-state index in [-0.39, 0.29) is 11.7 Å². The van der Waals surface area contributed by atoms with E-state index in [4.69, 9.17) is 9.47 Å². The van der Waals surface area contributed by atoms with Gasteiger partial charge in [-0.3, -0.25) is 0 Å². The van der Waals surface area contributed by atoms with Gasteiger partial charge in [-0.05, 0) is 32.3 Å². The Hall–Kier alpha value is -1.17. The Labute approximate surface area is 117 Å². The first-order valence-corrected chi connectivity index (χ1v) is 6.95. The van der Waals surface area contributed by atoms with Gasteiger partial charge in [-0.15, -0.1) is 0 Å². The molecule has 2 heterocycles. The Morgan fingerprint density at radius 1 is 1.45 bits per heavy atom. The highest BCUT2D eigenvalue weighted by atomic mass is 16.6. The fourth-order valence-electron chi connectivity index (χ4n) is 3.26. The van der Waals surface area contributed by atoms with E-state index in [0.717, 1.165) is 0 Å². The molecule has 0 unspecified atom stereocenters. The molecule has 2 fully saturated rings. The molecule has 2 aliphatic heterocycles. The highest BCUT2D eigenvalue weighted by Crippen LogP contribution is 2.49. The molecule has 110 valence electrons. The first-order valence-electron chi connectivity index (χ1n) is 6.95. The lowest BCUT2D eigenvalue weighted by Gasteiger charge is -2.24. The van der Waals surface area contributed by atoms with Gasteiger partial charge in [0.15, 0.2) is 0 Å². The molecule has 6 atom stereocenters. The number of carbonyl (C=O) groups is 1. The molecule has 0 aromatic rings. The summed E-state index contributed by atoms with van der Waals surface area (Å²) >= 11 is 0. The minimum absolute atomic E-state index is 0.232. The monoisotopic (exact) mass is 280 g/mol. The average molecular weight is 280 g/mol. The van der Waals surface area contributed by atoms with Gasteiger partial charge in [-0.1, -0.05) is 12.7 Å². The van der Waals surface area contributed by atoms with E-state index in [9.17, 15) is 15.0 Å². The topological polar surface area (TPSA) is 79.3 Å². The molecule has 2 N–H and O–H groups in total. The van der Waals surface area contributed by atoms with Gasteiger partial charge in [-0.2, -0.15) is 0 Å². The van der Waals surface area contributed by atoms with Crippen LogP contribution in [-0.4, -0.2) is 46.2 Å². The number of hydrogen-bond donors (Lipinski definition) is 2. The Balaban J connectivity index is 1.97. The van der Waals surface area contributed by atoms with Gasteiger partial charge < -0.3 is 19.7 Å². The van der Waals surface area contributed by atoms with Gasteiger partial charge in [0.05, 0.1) is 23.7 Å². The van der Waals surface area contributed by atoms with Crippen LogP contribution in [0.2, 0.25) is 0 Å². The summed E-state index contributed by atoms with van der Waals surface area (Å²) in [5.41, 5.74) is 0.581. The number of aliphatic hydroxyl groups is 2. The largest absolute Gasteiger partial charge is 0.455 e. The number of esters is 1. The standard InChI is InChI=1S/C15H20O5/c1-7-6-10(17)11-8(2)14(18)19-12(11)13-15(3,20-13)5-4-9(7)16/h6,9-13,16-17H,2,4-5H2,1,3H3/b7-6+/t9-,10-,11-,12-,13-,15+/m0/s1. The predicted octanol–water partition coefficient (Wildman–Crippen LogP) is 0.704. The molecule has 0 radical (unpaired) electrons. The smallest absolute Gasteiger partial charge is 0.334 e. The molecule has 1 aliphatic carbocycles. The van der Waals surface area contributed by atoms with Crippen molar-refractivity contribution in [3.8, 4) is 0 Å². The van der Waals surface area contributed by atoms with E-state index in [1.54, 1.807) is 13.0 Å². The molecule has 0 saturated carbocycles. The van der Waals surface area contributed by atoms with Crippen LogP contribution in [0.25, 0.3) is 0 Å². The summed E-state index contributed by atoms with van der Waals surface area (Å²) < 4.78 is 11.1. The summed E-state index contributed by atoms with van der Waals surface area (Å²) in [5.74, 6) is -0.975. The van der Waals surface area contributed by atoms with Crippen LogP contribution < -0.4 is 0 Å². The molecule has 0 spiro atoms. The van der Waals surface area contributed by atoms with E-state index in [1.165, 1.54) is 0 Å². The van der Waals surface area contributed by atoms with E-state index in [0.29, 0.717) is 18.4 Å². The van der Waals surface area contributed by atoms with Crippen molar-refractivity contribution in [2.24, 2.45) is 5.92 Å². The zero-order valence-corrected chi connectivity index (χ0v) is 11.7. The molecule has 0 aromatic carbocycles. The number of epoxide rings is 1. The minimum atomic E-state index is -0.903. The average Bonchev–Trinajstić information content (AvgIpc) is 2.96. The first kappa shape index (κ1) is 13.8. The zero-order chi connectivity index (χ0) is 14.7. The van der Waals surface area contributed by atoms with E-state index >= 15 is 0 Å². The predicted molar refractivity (Wildman–Crippen MR) is 70.8 cm³/mol. The number of hydrogen-bond acceptors (Lipinski definition) is 5. The Morgan fingerprint density at radius 2 is 2.15 bits per heavy atom. The minimum Gasteiger partial charge on any atom is -0.455 e. The van der Waals surface area contributed by atoms with Crippen molar-refractivity contribution in [2.45, 2.75) is 56.7 Å². The molecule has 2 saturated heterocycles. The third-order valence-corrected chi connectivity index (χ3v) is 4.74. The Bertz CT molecular complexity index is 496. The zero-order valence-electron chi connectivity index (χ0n) is 11.7. The summed E-state index contributed by atoms with van der Waals surface area (Å²) in [6, 6.07) is 0. The second-order valence-electron chi connectivity index (χ2n) is 6.23. The van der Waals surface area contributed by atoms with Crippen LogP contribution in [0.15, 0.2) is 23.8 Å². The summed E-state index contributed by atoms with van der Waals surface area (Å²) in [5, 5.41) is 20.4. The van der Waals surface area contributed by atoms with Gasteiger partial charge >= 0.3 is 5.97 Å². The summed E-state index contributed by atoms with van der Waals surface area (Å²) in [6.45, 7) is 7.46. The molecule has 0 aromatic heterocycles. The van der Waals surface area contributed by atoms with Gasteiger partial charge in [0.2, 0.25) is 0 Å². The number of rotatable bonds is 0. The van der Waals surface area contributed by atoms with Crippen molar-refractivity contribution in [2.75, 3.05) is 0 Å². The van der Waals surface area contributed by atoms with Crippen LogP contribution in [0.3, 0.4) is 0 Å². The second kappa shape index (κ2) is 4.41. The van der Waals surface area contributed by atoms with Crippen LogP contribution in [0, 0.1) is 5.92 Å². The fourth-order valence-corrected chi connectivity index (χ4v) is 3.26. The van der Waals surface area contributed by atoms with Crippen molar-refractivity contribution in [1.82, 2.24) is 0 Å². The molecule has 5 heteroatoms. The molecule has 20 heavy (non-hydrogen) atoms. The van der Waals surface area contributed by atoms with Crippen LogP contribution in [0.5, 0.6) is 0 Å². The van der Waals surface area contributed by atoms with Crippen molar-refractivity contribution >= 4 is 5.97 Å². The highest BCUT2D eigenvalue weighted by Gasteiger charge is 2.62. The van der Waals surface area contributed by atoms with Crippen molar-refractivity contribution < 1.29 is 24.5 Å². The van der Waals surface area contributed by atoms with Crippen molar-refractivity contribution in [3.63, 3.8) is 0 Å². The number of fused-ring (bicyclic) bond motifs is 3. The van der Waals surface area contributed by atoms with Gasteiger partial charge in [0.1, 0.15) is 12.2 Å². The van der Waals surface area contributed by atoms with Crippen molar-refractivity contribution in [3.05, 3.63) is 23.8 Å².